The Kier molecular flexibility index (Phi) is 1.57. The zero-order valence-electron chi connectivity index (χ0n) is 8.61. The van der Waals surface area contributed by atoms with Crippen molar-refractivity contribution in [3.63, 3.8) is 0 Å². The SMILES string of the molecule is Cc1ccc2c(n1)oc1nc(C)ccc12. The maximum Gasteiger partial charge on any atom is 0.229 e. The molecule has 0 aromatic carbocycles. The molecule has 0 amide bonds. The number of nitrogens with zero attached hydrogens (tertiary/aromatic N) is 2. The van der Waals surface area contributed by atoms with Crippen LogP contribution in [0.15, 0.2) is 28.7 Å². The quantitative estimate of drug-likeness (QED) is 0.557. The minimum atomic E-state index is 0.670. The average Bonchev–Trinajstić information content (AvgIpc) is 2.53. The Morgan fingerprint density at radius 2 is 1.27 bits per heavy atom. The number of furan rings is 1. The third-order valence-electron chi connectivity index (χ3n) is 2.48. The first-order valence-electron chi connectivity index (χ1n) is 4.87. The van der Waals surface area contributed by atoms with Crippen LogP contribution in [0.3, 0.4) is 0 Å². The van der Waals surface area contributed by atoms with Crippen molar-refractivity contribution in [2.75, 3.05) is 0 Å². The van der Waals surface area contributed by atoms with Gasteiger partial charge in [-0.2, -0.15) is 0 Å². The Morgan fingerprint density at radius 1 is 0.800 bits per heavy atom. The number of pyridine rings is 2. The van der Waals surface area contributed by atoms with Crippen molar-refractivity contribution in [1.29, 1.82) is 0 Å². The van der Waals surface area contributed by atoms with E-state index in [1.165, 1.54) is 0 Å². The fourth-order valence-electron chi connectivity index (χ4n) is 1.72. The van der Waals surface area contributed by atoms with Crippen LogP contribution in [-0.2, 0) is 0 Å². The van der Waals surface area contributed by atoms with Gasteiger partial charge in [-0.25, -0.2) is 9.97 Å². The van der Waals surface area contributed by atoms with E-state index in [1.807, 2.05) is 38.1 Å². The molecule has 0 saturated heterocycles. The van der Waals surface area contributed by atoms with Gasteiger partial charge in [-0.15, -0.1) is 0 Å². The highest BCUT2D eigenvalue weighted by Gasteiger charge is 2.08. The van der Waals surface area contributed by atoms with Crippen molar-refractivity contribution in [3.8, 4) is 0 Å². The van der Waals surface area contributed by atoms with E-state index in [0.29, 0.717) is 11.4 Å². The molecule has 15 heavy (non-hydrogen) atoms. The van der Waals surface area contributed by atoms with Gasteiger partial charge in [0.2, 0.25) is 11.4 Å². The molecule has 0 atom stereocenters. The summed E-state index contributed by atoms with van der Waals surface area (Å²) in [5.74, 6) is 0. The molecule has 0 bridgehead atoms. The summed E-state index contributed by atoms with van der Waals surface area (Å²) >= 11 is 0. The summed E-state index contributed by atoms with van der Waals surface area (Å²) in [7, 11) is 0. The molecular formula is C12H10N2O. The Balaban J connectivity index is 2.51. The largest absolute Gasteiger partial charge is 0.419 e. The molecule has 0 aliphatic carbocycles. The predicted molar refractivity (Wildman–Crippen MR) is 58.8 cm³/mol. The van der Waals surface area contributed by atoms with Gasteiger partial charge in [0, 0.05) is 22.2 Å². The smallest absolute Gasteiger partial charge is 0.229 e. The second-order valence-corrected chi connectivity index (χ2v) is 3.71. The first-order valence-corrected chi connectivity index (χ1v) is 4.87. The molecule has 0 unspecified atom stereocenters. The third kappa shape index (κ3) is 1.20. The molecule has 3 rings (SSSR count). The van der Waals surface area contributed by atoms with Crippen LogP contribution in [0.1, 0.15) is 11.4 Å². The van der Waals surface area contributed by atoms with E-state index in [1.54, 1.807) is 0 Å². The predicted octanol–water partition coefficient (Wildman–Crippen LogP) is 2.99. The highest BCUT2D eigenvalue weighted by atomic mass is 16.3. The van der Waals surface area contributed by atoms with Crippen LogP contribution in [-0.4, -0.2) is 9.97 Å². The lowest BCUT2D eigenvalue weighted by Gasteiger charge is -1.90. The molecular weight excluding hydrogens is 188 g/mol. The molecule has 3 heteroatoms. The lowest BCUT2D eigenvalue weighted by molar-refractivity contribution is 0.637. The van der Waals surface area contributed by atoms with E-state index < -0.39 is 0 Å². The molecule has 0 aliphatic heterocycles. The second-order valence-electron chi connectivity index (χ2n) is 3.71. The lowest BCUT2D eigenvalue weighted by atomic mass is 10.2. The van der Waals surface area contributed by atoms with Gasteiger partial charge in [0.25, 0.3) is 0 Å². The summed E-state index contributed by atoms with van der Waals surface area (Å²) in [6.07, 6.45) is 0. The molecule has 0 spiro atoms. The van der Waals surface area contributed by atoms with Crippen molar-refractivity contribution in [1.82, 2.24) is 9.97 Å². The van der Waals surface area contributed by atoms with Crippen LogP contribution < -0.4 is 0 Å². The average molecular weight is 198 g/mol. The molecule has 0 saturated carbocycles. The normalized spacial score (nSPS) is 11.3. The fourth-order valence-corrected chi connectivity index (χ4v) is 1.72. The van der Waals surface area contributed by atoms with Crippen molar-refractivity contribution in [2.45, 2.75) is 13.8 Å². The number of aryl methyl sites for hydroxylation is 2. The number of rotatable bonds is 0. The molecule has 0 aliphatic rings. The standard InChI is InChI=1S/C12H10N2O/c1-7-3-5-9-10-6-4-8(2)14-12(10)15-11(9)13-7/h3-6H,1-2H3. The first-order chi connectivity index (χ1) is 7.24. The van der Waals surface area contributed by atoms with E-state index >= 15 is 0 Å². The maximum absolute atomic E-state index is 5.59. The summed E-state index contributed by atoms with van der Waals surface area (Å²) in [5, 5.41) is 2.06. The maximum atomic E-state index is 5.59. The molecule has 3 aromatic heterocycles. The molecule has 3 heterocycles. The number of hydrogen-bond acceptors (Lipinski definition) is 3. The first kappa shape index (κ1) is 8.41. The zero-order chi connectivity index (χ0) is 10.4. The van der Waals surface area contributed by atoms with Crippen LogP contribution in [0, 0.1) is 13.8 Å². The fraction of sp³-hybridized carbons (Fsp3) is 0.167. The van der Waals surface area contributed by atoms with E-state index in [-0.39, 0.29) is 0 Å². The topological polar surface area (TPSA) is 38.9 Å². The number of aromatic nitrogens is 2. The van der Waals surface area contributed by atoms with Gasteiger partial charge in [-0.05, 0) is 38.1 Å². The highest BCUT2D eigenvalue weighted by molar-refractivity contribution is 6.01. The van der Waals surface area contributed by atoms with Gasteiger partial charge < -0.3 is 4.42 Å². The van der Waals surface area contributed by atoms with Crippen molar-refractivity contribution >= 4 is 22.2 Å². The van der Waals surface area contributed by atoms with Gasteiger partial charge in [0.1, 0.15) is 0 Å². The van der Waals surface area contributed by atoms with E-state index in [4.69, 9.17) is 4.42 Å². The van der Waals surface area contributed by atoms with E-state index in [9.17, 15) is 0 Å². The van der Waals surface area contributed by atoms with Crippen LogP contribution in [0.5, 0.6) is 0 Å². The summed E-state index contributed by atoms with van der Waals surface area (Å²) in [4.78, 5) is 8.67. The lowest BCUT2D eigenvalue weighted by Crippen LogP contribution is -1.78. The van der Waals surface area contributed by atoms with E-state index in [0.717, 1.165) is 22.2 Å². The van der Waals surface area contributed by atoms with Crippen LogP contribution in [0.25, 0.3) is 22.2 Å². The number of fused-ring (bicyclic) bond motifs is 3. The van der Waals surface area contributed by atoms with Crippen molar-refractivity contribution in [2.24, 2.45) is 0 Å². The molecule has 0 N–H and O–H groups in total. The molecule has 3 aromatic rings. The highest BCUT2D eigenvalue weighted by Crippen LogP contribution is 2.26. The summed E-state index contributed by atoms with van der Waals surface area (Å²) < 4.78 is 5.59. The monoisotopic (exact) mass is 198 g/mol. The summed E-state index contributed by atoms with van der Waals surface area (Å²) in [6.45, 7) is 3.90. The van der Waals surface area contributed by atoms with E-state index in [2.05, 4.69) is 9.97 Å². The Morgan fingerprint density at radius 3 is 1.73 bits per heavy atom. The van der Waals surface area contributed by atoms with Crippen LogP contribution in [0.4, 0.5) is 0 Å². The van der Waals surface area contributed by atoms with Gasteiger partial charge in [-0.1, -0.05) is 0 Å². The second kappa shape index (κ2) is 2.79. The third-order valence-corrected chi connectivity index (χ3v) is 2.48. The van der Waals surface area contributed by atoms with Crippen molar-refractivity contribution < 1.29 is 4.42 Å². The van der Waals surface area contributed by atoms with Gasteiger partial charge >= 0.3 is 0 Å². The van der Waals surface area contributed by atoms with Crippen molar-refractivity contribution in [3.05, 3.63) is 35.7 Å². The number of hydrogen-bond donors (Lipinski definition) is 0. The summed E-state index contributed by atoms with van der Waals surface area (Å²) in [6, 6.07) is 8.02. The minimum Gasteiger partial charge on any atom is -0.419 e. The molecule has 3 nitrogen and oxygen atoms in total. The zero-order valence-corrected chi connectivity index (χ0v) is 8.61. The van der Waals surface area contributed by atoms with Gasteiger partial charge in [0.15, 0.2) is 0 Å². The molecule has 0 radical (unpaired) electrons. The molecule has 74 valence electrons. The van der Waals surface area contributed by atoms with Gasteiger partial charge in [-0.3, -0.25) is 0 Å². The van der Waals surface area contributed by atoms with Crippen LogP contribution in [0.2, 0.25) is 0 Å². The summed E-state index contributed by atoms with van der Waals surface area (Å²) in [5.41, 5.74) is 3.25. The molecule has 0 fully saturated rings. The van der Waals surface area contributed by atoms with Crippen LogP contribution >= 0.6 is 0 Å². The minimum absolute atomic E-state index is 0.670. The Hall–Kier alpha value is -1.90. The Labute approximate surface area is 86.8 Å². The Bertz CT molecular complexity index is 599. The van der Waals surface area contributed by atoms with Gasteiger partial charge in [0.05, 0.1) is 0 Å².